The van der Waals surface area contributed by atoms with Crippen molar-refractivity contribution in [3.63, 3.8) is 0 Å². The number of ether oxygens (including phenoxy) is 1. The monoisotopic (exact) mass is 237 g/mol. The van der Waals surface area contributed by atoms with Crippen LogP contribution in [-0.2, 0) is 4.74 Å². The fraction of sp³-hybridized carbons (Fsp3) is 0.692. The molecule has 1 atom stereocenters. The smallest absolute Gasteiger partial charge is 0.133 e. The maximum absolute atomic E-state index is 5.10. The van der Waals surface area contributed by atoms with Crippen LogP contribution in [0.5, 0.6) is 0 Å². The van der Waals surface area contributed by atoms with Crippen molar-refractivity contribution >= 4 is 5.82 Å². The Labute approximate surface area is 104 Å². The van der Waals surface area contributed by atoms with E-state index in [9.17, 15) is 0 Å². The Morgan fingerprint density at radius 2 is 2.00 bits per heavy atom. The van der Waals surface area contributed by atoms with E-state index in [-0.39, 0.29) is 0 Å². The minimum atomic E-state index is 0.354. The van der Waals surface area contributed by atoms with Crippen LogP contribution in [0, 0.1) is 12.8 Å². The van der Waals surface area contributed by atoms with Crippen molar-refractivity contribution in [2.75, 3.05) is 25.6 Å². The number of methoxy groups -OCH3 is 1. The lowest BCUT2D eigenvalue weighted by Crippen LogP contribution is -2.17. The van der Waals surface area contributed by atoms with Gasteiger partial charge in [0.05, 0.1) is 6.61 Å². The number of aryl methyl sites for hydroxylation is 1. The van der Waals surface area contributed by atoms with E-state index in [1.165, 1.54) is 0 Å². The van der Waals surface area contributed by atoms with Gasteiger partial charge in [0, 0.05) is 31.3 Å². The van der Waals surface area contributed by atoms with Crippen LogP contribution < -0.4 is 5.32 Å². The summed E-state index contributed by atoms with van der Waals surface area (Å²) in [5.41, 5.74) is 1.01. The predicted octanol–water partition coefficient (Wildman–Crippen LogP) is 2.60. The number of nitrogens with zero attached hydrogens (tertiary/aromatic N) is 2. The maximum atomic E-state index is 5.10. The van der Waals surface area contributed by atoms with Crippen molar-refractivity contribution in [2.24, 2.45) is 5.92 Å². The quantitative estimate of drug-likeness (QED) is 0.826. The minimum Gasteiger partial charge on any atom is -0.384 e. The fourth-order valence-electron chi connectivity index (χ4n) is 1.56. The lowest BCUT2D eigenvalue weighted by molar-refractivity contribution is 0.164. The normalized spacial score (nSPS) is 12.8. The molecular formula is C13H23N3O. The van der Waals surface area contributed by atoms with Crippen LogP contribution >= 0.6 is 0 Å². The van der Waals surface area contributed by atoms with E-state index in [0.29, 0.717) is 11.8 Å². The second-order valence-corrected chi connectivity index (χ2v) is 4.85. The highest BCUT2D eigenvalue weighted by molar-refractivity contribution is 5.36. The first-order valence-corrected chi connectivity index (χ1v) is 6.11. The van der Waals surface area contributed by atoms with Gasteiger partial charge in [-0.3, -0.25) is 0 Å². The van der Waals surface area contributed by atoms with Crippen molar-refractivity contribution in [3.05, 3.63) is 17.6 Å². The van der Waals surface area contributed by atoms with Crippen LogP contribution in [0.25, 0.3) is 0 Å². The summed E-state index contributed by atoms with van der Waals surface area (Å²) in [7, 11) is 1.72. The van der Waals surface area contributed by atoms with Crippen molar-refractivity contribution in [2.45, 2.75) is 33.6 Å². The third-order valence-corrected chi connectivity index (χ3v) is 2.47. The number of anilines is 1. The van der Waals surface area contributed by atoms with E-state index in [1.54, 1.807) is 7.11 Å². The molecule has 4 heteroatoms. The van der Waals surface area contributed by atoms with E-state index >= 15 is 0 Å². The number of hydrogen-bond donors (Lipinski definition) is 1. The molecule has 0 aliphatic rings. The zero-order valence-corrected chi connectivity index (χ0v) is 11.4. The average Bonchev–Trinajstić information content (AvgIpc) is 2.26. The van der Waals surface area contributed by atoms with E-state index in [4.69, 9.17) is 4.74 Å². The zero-order valence-electron chi connectivity index (χ0n) is 11.4. The van der Waals surface area contributed by atoms with E-state index < -0.39 is 0 Å². The molecule has 0 saturated carbocycles. The highest BCUT2D eigenvalue weighted by atomic mass is 16.5. The third-order valence-electron chi connectivity index (χ3n) is 2.47. The number of rotatable bonds is 6. The molecule has 0 fully saturated rings. The Kier molecular flexibility index (Phi) is 5.35. The van der Waals surface area contributed by atoms with Crippen LogP contribution in [0.15, 0.2) is 6.07 Å². The summed E-state index contributed by atoms with van der Waals surface area (Å²) in [4.78, 5) is 8.92. The number of aromatic nitrogens is 2. The lowest BCUT2D eigenvalue weighted by Gasteiger charge is -2.13. The van der Waals surface area contributed by atoms with Crippen molar-refractivity contribution in [1.82, 2.24) is 9.97 Å². The van der Waals surface area contributed by atoms with Crippen molar-refractivity contribution in [3.8, 4) is 0 Å². The number of nitrogens with one attached hydrogen (secondary N) is 1. The summed E-state index contributed by atoms with van der Waals surface area (Å²) < 4.78 is 5.10. The van der Waals surface area contributed by atoms with Crippen LogP contribution in [0.4, 0.5) is 5.82 Å². The molecule has 1 rings (SSSR count). The zero-order chi connectivity index (χ0) is 12.8. The van der Waals surface area contributed by atoms with Gasteiger partial charge in [-0.25, -0.2) is 9.97 Å². The standard InChI is InChI=1S/C13H23N3O/c1-9(2)13-15-11(4)6-12(16-13)14-7-10(3)8-17-5/h6,9-10H,7-8H2,1-5H3,(H,14,15,16). The van der Waals surface area contributed by atoms with Crippen LogP contribution in [0.2, 0.25) is 0 Å². The molecule has 96 valence electrons. The Balaban J connectivity index is 2.64. The topological polar surface area (TPSA) is 47.0 Å². The summed E-state index contributed by atoms with van der Waals surface area (Å²) in [5, 5.41) is 3.33. The van der Waals surface area contributed by atoms with Gasteiger partial charge in [-0.2, -0.15) is 0 Å². The fourth-order valence-corrected chi connectivity index (χ4v) is 1.56. The molecule has 0 radical (unpaired) electrons. The largest absolute Gasteiger partial charge is 0.384 e. The van der Waals surface area contributed by atoms with Crippen LogP contribution in [0.3, 0.4) is 0 Å². The Morgan fingerprint density at radius 3 is 2.59 bits per heavy atom. The maximum Gasteiger partial charge on any atom is 0.133 e. The minimum absolute atomic E-state index is 0.354. The van der Waals surface area contributed by atoms with Crippen LogP contribution in [0.1, 0.15) is 38.2 Å². The molecule has 4 nitrogen and oxygen atoms in total. The second kappa shape index (κ2) is 6.55. The molecule has 0 aliphatic heterocycles. The van der Waals surface area contributed by atoms with Gasteiger partial charge < -0.3 is 10.1 Å². The molecule has 0 bridgehead atoms. The summed E-state index contributed by atoms with van der Waals surface area (Å²) in [6, 6.07) is 1.98. The molecule has 0 aromatic carbocycles. The molecule has 0 aliphatic carbocycles. The summed E-state index contributed by atoms with van der Waals surface area (Å²) >= 11 is 0. The van der Waals surface area contributed by atoms with Gasteiger partial charge in [0.2, 0.25) is 0 Å². The molecule has 0 amide bonds. The number of hydrogen-bond acceptors (Lipinski definition) is 4. The van der Waals surface area contributed by atoms with Crippen molar-refractivity contribution in [1.29, 1.82) is 0 Å². The molecule has 1 unspecified atom stereocenters. The highest BCUT2D eigenvalue weighted by Crippen LogP contribution is 2.13. The lowest BCUT2D eigenvalue weighted by atomic mass is 10.2. The first kappa shape index (κ1) is 13.9. The predicted molar refractivity (Wildman–Crippen MR) is 70.4 cm³/mol. The summed E-state index contributed by atoms with van der Waals surface area (Å²) in [6.07, 6.45) is 0. The third kappa shape index (κ3) is 4.69. The Bertz CT molecular complexity index is 353. The molecule has 1 aromatic rings. The first-order chi connectivity index (χ1) is 8.02. The molecule has 1 N–H and O–H groups in total. The SMILES string of the molecule is COCC(C)CNc1cc(C)nc(C(C)C)n1. The van der Waals surface area contributed by atoms with Gasteiger partial charge >= 0.3 is 0 Å². The van der Waals surface area contributed by atoms with Crippen LogP contribution in [-0.4, -0.2) is 30.2 Å². The molecule has 1 heterocycles. The summed E-state index contributed by atoms with van der Waals surface area (Å²) in [6.45, 7) is 9.97. The molecule has 0 saturated heterocycles. The van der Waals surface area contributed by atoms with E-state index in [2.05, 4.69) is 36.1 Å². The molecule has 17 heavy (non-hydrogen) atoms. The average molecular weight is 237 g/mol. The van der Waals surface area contributed by atoms with Gasteiger partial charge in [0.1, 0.15) is 11.6 Å². The second-order valence-electron chi connectivity index (χ2n) is 4.85. The van der Waals surface area contributed by atoms with Crippen molar-refractivity contribution < 1.29 is 4.74 Å². The first-order valence-electron chi connectivity index (χ1n) is 6.11. The highest BCUT2D eigenvalue weighted by Gasteiger charge is 2.07. The molecule has 0 spiro atoms. The molecular weight excluding hydrogens is 214 g/mol. The Hall–Kier alpha value is -1.16. The van der Waals surface area contributed by atoms with Gasteiger partial charge in [-0.05, 0) is 12.8 Å². The van der Waals surface area contributed by atoms with E-state index in [0.717, 1.165) is 30.5 Å². The van der Waals surface area contributed by atoms with Gasteiger partial charge in [0.15, 0.2) is 0 Å². The van der Waals surface area contributed by atoms with Gasteiger partial charge in [-0.1, -0.05) is 20.8 Å². The molecule has 1 aromatic heterocycles. The van der Waals surface area contributed by atoms with Gasteiger partial charge in [0.25, 0.3) is 0 Å². The Morgan fingerprint density at radius 1 is 1.29 bits per heavy atom. The van der Waals surface area contributed by atoms with E-state index in [1.807, 2.05) is 13.0 Å². The summed E-state index contributed by atoms with van der Waals surface area (Å²) in [5.74, 6) is 2.63. The van der Waals surface area contributed by atoms with Gasteiger partial charge in [-0.15, -0.1) is 0 Å².